The van der Waals surface area contributed by atoms with Crippen LogP contribution >= 0.6 is 23.4 Å². The van der Waals surface area contributed by atoms with E-state index in [4.69, 9.17) is 17.3 Å². The number of nitriles is 1. The first kappa shape index (κ1) is 20.6. The molecule has 0 saturated heterocycles. The Balaban J connectivity index is 1.93. The van der Waals surface area contributed by atoms with Crippen LogP contribution in [-0.2, 0) is 4.79 Å². The Morgan fingerprint density at radius 3 is 2.57 bits per heavy atom. The van der Waals surface area contributed by atoms with Crippen molar-refractivity contribution < 1.29 is 4.79 Å². The molecule has 4 rings (SSSR count). The summed E-state index contributed by atoms with van der Waals surface area (Å²) in [7, 11) is 0. The molecule has 0 radical (unpaired) electrons. The van der Waals surface area contributed by atoms with Gasteiger partial charge in [0.25, 0.3) is 0 Å². The lowest BCUT2D eigenvalue weighted by Gasteiger charge is -2.39. The number of benzene rings is 2. The van der Waals surface area contributed by atoms with Crippen molar-refractivity contribution in [3.63, 3.8) is 0 Å². The number of anilines is 1. The second-order valence-corrected chi connectivity index (χ2v) is 8.81. The molecule has 30 heavy (non-hydrogen) atoms. The average molecular weight is 436 g/mol. The smallest absolute Gasteiger partial charge is 0.161 e. The molecular formula is C24H22ClN3OS. The van der Waals surface area contributed by atoms with Gasteiger partial charge in [0.05, 0.1) is 17.6 Å². The van der Waals surface area contributed by atoms with E-state index in [-0.39, 0.29) is 5.78 Å². The minimum absolute atomic E-state index is 0.0821. The van der Waals surface area contributed by atoms with Gasteiger partial charge in [-0.2, -0.15) is 5.26 Å². The van der Waals surface area contributed by atoms with Gasteiger partial charge in [0.15, 0.2) is 5.78 Å². The molecule has 2 aromatic carbocycles. The first-order chi connectivity index (χ1) is 14.5. The standard InChI is InChI=1S/C24H22ClN3OS/c1-14-6-9-16(12-19(14)25)28-20-4-3-5-21(29)23(20)22(18(13-26)24(28)27)15-7-10-17(30-2)11-8-15/h6-12,22H,3-5,27H2,1-2H3. The fourth-order valence-corrected chi connectivity index (χ4v) is 4.81. The molecule has 0 fully saturated rings. The second kappa shape index (κ2) is 8.22. The monoisotopic (exact) mass is 435 g/mol. The van der Waals surface area contributed by atoms with Gasteiger partial charge in [-0.25, -0.2) is 0 Å². The third-order valence-corrected chi connectivity index (χ3v) is 6.93. The third-order valence-electron chi connectivity index (χ3n) is 5.78. The van der Waals surface area contributed by atoms with Crippen molar-refractivity contribution >= 4 is 34.8 Å². The highest BCUT2D eigenvalue weighted by Crippen LogP contribution is 2.46. The lowest BCUT2D eigenvalue weighted by molar-refractivity contribution is -0.116. The van der Waals surface area contributed by atoms with Gasteiger partial charge in [0.2, 0.25) is 0 Å². The summed E-state index contributed by atoms with van der Waals surface area (Å²) in [6.45, 7) is 1.94. The maximum Gasteiger partial charge on any atom is 0.161 e. The number of thioether (sulfide) groups is 1. The van der Waals surface area contributed by atoms with Crippen LogP contribution in [0.2, 0.25) is 5.02 Å². The van der Waals surface area contributed by atoms with Crippen LogP contribution < -0.4 is 10.6 Å². The molecular weight excluding hydrogens is 414 g/mol. The number of hydrogen-bond donors (Lipinski definition) is 1. The highest BCUT2D eigenvalue weighted by atomic mass is 35.5. The number of allylic oxidation sites excluding steroid dienone is 3. The number of nitrogens with zero attached hydrogens (tertiary/aromatic N) is 2. The average Bonchev–Trinajstić information content (AvgIpc) is 2.75. The molecule has 0 bridgehead atoms. The van der Waals surface area contributed by atoms with Crippen LogP contribution in [0.25, 0.3) is 0 Å². The van der Waals surface area contributed by atoms with Crippen LogP contribution in [0.1, 0.15) is 36.3 Å². The van der Waals surface area contributed by atoms with Crippen molar-refractivity contribution in [2.45, 2.75) is 37.0 Å². The lowest BCUT2D eigenvalue weighted by atomic mass is 9.75. The van der Waals surface area contributed by atoms with Gasteiger partial charge in [-0.1, -0.05) is 29.8 Å². The molecule has 1 unspecified atom stereocenters. The quantitative estimate of drug-likeness (QED) is 0.628. The Labute approximate surface area is 186 Å². The van der Waals surface area contributed by atoms with Gasteiger partial charge in [-0.05, 0) is 61.4 Å². The van der Waals surface area contributed by atoms with E-state index >= 15 is 0 Å². The number of ketones is 1. The zero-order valence-corrected chi connectivity index (χ0v) is 18.5. The van der Waals surface area contributed by atoms with E-state index in [1.54, 1.807) is 11.8 Å². The van der Waals surface area contributed by atoms with E-state index in [0.29, 0.717) is 28.4 Å². The van der Waals surface area contributed by atoms with Crippen LogP contribution in [0.15, 0.2) is 70.0 Å². The molecule has 1 heterocycles. The van der Waals surface area contributed by atoms with Crippen LogP contribution in [0.4, 0.5) is 5.69 Å². The third kappa shape index (κ3) is 3.40. The molecule has 0 saturated carbocycles. The molecule has 6 heteroatoms. The highest BCUT2D eigenvalue weighted by molar-refractivity contribution is 7.98. The lowest BCUT2D eigenvalue weighted by Crippen LogP contribution is -2.38. The predicted molar refractivity (Wildman–Crippen MR) is 122 cm³/mol. The van der Waals surface area contributed by atoms with Crippen molar-refractivity contribution in [3.8, 4) is 6.07 Å². The molecule has 2 aliphatic rings. The van der Waals surface area contributed by atoms with Gasteiger partial charge in [0, 0.05) is 33.3 Å². The number of aryl methyl sites for hydroxylation is 1. The Hall–Kier alpha value is -2.68. The number of carbonyl (C=O) groups is 1. The summed E-state index contributed by atoms with van der Waals surface area (Å²) in [6.07, 6.45) is 4.00. The topological polar surface area (TPSA) is 70.1 Å². The van der Waals surface area contributed by atoms with Crippen LogP contribution in [0.3, 0.4) is 0 Å². The molecule has 152 valence electrons. The summed E-state index contributed by atoms with van der Waals surface area (Å²) in [6, 6.07) is 16.0. The molecule has 0 amide bonds. The molecule has 4 nitrogen and oxygen atoms in total. The van der Waals surface area contributed by atoms with Crippen LogP contribution in [0.5, 0.6) is 0 Å². The second-order valence-electron chi connectivity index (χ2n) is 7.52. The Kier molecular flexibility index (Phi) is 5.64. The Bertz CT molecular complexity index is 1130. The van der Waals surface area contributed by atoms with Crippen molar-refractivity contribution in [1.82, 2.24) is 0 Å². The van der Waals surface area contributed by atoms with Crippen LogP contribution in [0, 0.1) is 18.3 Å². The van der Waals surface area contributed by atoms with E-state index in [9.17, 15) is 10.1 Å². The number of Topliss-reactive ketones (excluding diaryl/α,β-unsaturated/α-hetero) is 1. The summed E-state index contributed by atoms with van der Waals surface area (Å²) >= 11 is 8.03. The number of halogens is 1. The molecule has 1 aliphatic heterocycles. The van der Waals surface area contributed by atoms with Crippen molar-refractivity contribution in [1.29, 1.82) is 5.26 Å². The normalized spacial score (nSPS) is 19.1. The van der Waals surface area contributed by atoms with E-state index < -0.39 is 5.92 Å². The van der Waals surface area contributed by atoms with Crippen molar-refractivity contribution in [2.24, 2.45) is 5.73 Å². The molecule has 1 atom stereocenters. The predicted octanol–water partition coefficient (Wildman–Crippen LogP) is 5.68. The zero-order chi connectivity index (χ0) is 21.4. The number of rotatable bonds is 3. The molecule has 1 aliphatic carbocycles. The number of carbonyl (C=O) groups excluding carboxylic acids is 1. The van der Waals surface area contributed by atoms with Gasteiger partial charge >= 0.3 is 0 Å². The summed E-state index contributed by atoms with van der Waals surface area (Å²) in [4.78, 5) is 16.1. The molecule has 0 aromatic heterocycles. The summed E-state index contributed by atoms with van der Waals surface area (Å²) < 4.78 is 0. The summed E-state index contributed by atoms with van der Waals surface area (Å²) in [5, 5.41) is 10.7. The van der Waals surface area contributed by atoms with E-state index in [1.807, 2.05) is 60.5 Å². The SMILES string of the molecule is CSc1ccc(C2C(C#N)=C(N)N(c3ccc(C)c(Cl)c3)C3=C2C(=O)CCC3)cc1. The number of hydrogen-bond acceptors (Lipinski definition) is 5. The maximum absolute atomic E-state index is 13.1. The maximum atomic E-state index is 13.1. The first-order valence-corrected chi connectivity index (χ1v) is 11.4. The van der Waals surface area contributed by atoms with E-state index in [1.165, 1.54) is 0 Å². The van der Waals surface area contributed by atoms with Crippen molar-refractivity contribution in [2.75, 3.05) is 11.2 Å². The minimum Gasteiger partial charge on any atom is -0.384 e. The summed E-state index contributed by atoms with van der Waals surface area (Å²) in [5.41, 5.74) is 11.2. The van der Waals surface area contributed by atoms with Gasteiger partial charge in [-0.3, -0.25) is 9.69 Å². The Morgan fingerprint density at radius 1 is 1.20 bits per heavy atom. The molecule has 2 aromatic rings. The molecule has 2 N–H and O–H groups in total. The molecule has 0 spiro atoms. The Morgan fingerprint density at radius 2 is 1.93 bits per heavy atom. The minimum atomic E-state index is -0.439. The summed E-state index contributed by atoms with van der Waals surface area (Å²) in [5.74, 6) is 0.00865. The van der Waals surface area contributed by atoms with Gasteiger partial charge in [-0.15, -0.1) is 11.8 Å². The highest BCUT2D eigenvalue weighted by Gasteiger charge is 2.40. The zero-order valence-electron chi connectivity index (χ0n) is 16.9. The van der Waals surface area contributed by atoms with Gasteiger partial charge in [0.1, 0.15) is 5.82 Å². The fourth-order valence-electron chi connectivity index (χ4n) is 4.23. The first-order valence-electron chi connectivity index (χ1n) is 9.82. The number of nitrogens with two attached hydrogens (primary N) is 1. The van der Waals surface area contributed by atoms with Crippen LogP contribution in [-0.4, -0.2) is 12.0 Å². The van der Waals surface area contributed by atoms with Gasteiger partial charge < -0.3 is 5.73 Å². The fraction of sp³-hybridized carbons (Fsp3) is 0.250. The van der Waals surface area contributed by atoms with E-state index in [0.717, 1.165) is 40.2 Å². The van der Waals surface area contributed by atoms with Crippen molar-refractivity contribution in [3.05, 3.63) is 81.3 Å². The largest absolute Gasteiger partial charge is 0.384 e. The van der Waals surface area contributed by atoms with E-state index in [2.05, 4.69) is 6.07 Å².